The van der Waals surface area contributed by atoms with Crippen molar-refractivity contribution in [3.05, 3.63) is 12.0 Å². The summed E-state index contributed by atoms with van der Waals surface area (Å²) < 4.78 is 46.9. The van der Waals surface area contributed by atoms with Crippen LogP contribution in [0.2, 0.25) is 0 Å². The van der Waals surface area contributed by atoms with Crippen LogP contribution in [0.15, 0.2) is 11.2 Å². The van der Waals surface area contributed by atoms with Crippen molar-refractivity contribution in [1.29, 1.82) is 0 Å². The van der Waals surface area contributed by atoms with Gasteiger partial charge in [0.1, 0.15) is 5.82 Å². The van der Waals surface area contributed by atoms with Gasteiger partial charge in [0.25, 0.3) is 10.0 Å². The number of imidazole rings is 1. The van der Waals surface area contributed by atoms with Gasteiger partial charge in [-0.15, -0.1) is 0 Å². The smallest absolute Gasteiger partial charge is 0.257 e. The van der Waals surface area contributed by atoms with Crippen molar-refractivity contribution in [2.75, 3.05) is 5.75 Å². The third-order valence-corrected chi connectivity index (χ3v) is 5.55. The van der Waals surface area contributed by atoms with Crippen molar-refractivity contribution >= 4 is 19.9 Å². The number of sulfone groups is 1. The third-order valence-electron chi connectivity index (χ3n) is 2.58. The first-order chi connectivity index (χ1) is 8.04. The average molecular weight is 295 g/mol. The maximum Gasteiger partial charge on any atom is 0.257 e. The Balaban J connectivity index is 2.91. The highest BCUT2D eigenvalue weighted by molar-refractivity contribution is 7.91. The lowest BCUT2D eigenvalue weighted by Gasteiger charge is -2.08. The van der Waals surface area contributed by atoms with Gasteiger partial charge in [-0.25, -0.2) is 27.0 Å². The highest BCUT2D eigenvalue weighted by Crippen LogP contribution is 2.09. The van der Waals surface area contributed by atoms with Crippen molar-refractivity contribution in [3.8, 4) is 0 Å². The highest BCUT2D eigenvalue weighted by Gasteiger charge is 2.18. The minimum Gasteiger partial charge on any atom is -0.333 e. The van der Waals surface area contributed by atoms with Crippen molar-refractivity contribution in [2.24, 2.45) is 5.14 Å². The van der Waals surface area contributed by atoms with E-state index in [2.05, 4.69) is 4.98 Å². The van der Waals surface area contributed by atoms with Crippen LogP contribution >= 0.6 is 0 Å². The van der Waals surface area contributed by atoms with Crippen LogP contribution in [0.1, 0.15) is 19.7 Å². The van der Waals surface area contributed by atoms with Crippen LogP contribution in [0.25, 0.3) is 0 Å². The van der Waals surface area contributed by atoms with E-state index in [1.807, 2.05) is 0 Å². The van der Waals surface area contributed by atoms with Gasteiger partial charge in [0.15, 0.2) is 14.9 Å². The second-order valence-corrected chi connectivity index (χ2v) is 8.47. The Hall–Kier alpha value is -0.930. The molecule has 1 aromatic rings. The Kier molecular flexibility index (Phi) is 4.19. The zero-order valence-corrected chi connectivity index (χ0v) is 12.1. The molecule has 0 saturated heterocycles. The van der Waals surface area contributed by atoms with E-state index in [0.29, 0.717) is 5.82 Å². The van der Waals surface area contributed by atoms with Gasteiger partial charge in [0, 0.05) is 12.7 Å². The molecule has 0 unspecified atom stereocenters. The molecule has 0 atom stereocenters. The lowest BCUT2D eigenvalue weighted by Crippen LogP contribution is -2.21. The predicted molar refractivity (Wildman–Crippen MR) is 67.3 cm³/mol. The molecule has 0 fully saturated rings. The number of aryl methyl sites for hydroxylation is 2. The fourth-order valence-electron chi connectivity index (χ4n) is 1.30. The molecule has 0 bridgehead atoms. The Labute approximate surface area is 107 Å². The summed E-state index contributed by atoms with van der Waals surface area (Å²) in [6.07, 6.45) is 1.25. The third kappa shape index (κ3) is 3.53. The molecule has 0 aliphatic carbocycles. The largest absolute Gasteiger partial charge is 0.333 e. The van der Waals surface area contributed by atoms with Gasteiger partial charge in [-0.3, -0.25) is 0 Å². The van der Waals surface area contributed by atoms with E-state index in [1.54, 1.807) is 20.8 Å². The van der Waals surface area contributed by atoms with Crippen LogP contribution in [0, 0.1) is 6.92 Å². The first kappa shape index (κ1) is 15.1. The minimum atomic E-state index is -3.86. The lowest BCUT2D eigenvalue weighted by atomic mass is 10.6. The Bertz CT molecular complexity index is 629. The van der Waals surface area contributed by atoms with Gasteiger partial charge in [-0.1, -0.05) is 0 Å². The van der Waals surface area contributed by atoms with Gasteiger partial charge < -0.3 is 4.57 Å². The zero-order valence-electron chi connectivity index (χ0n) is 10.5. The summed E-state index contributed by atoms with van der Waals surface area (Å²) in [4.78, 5) is 3.78. The molecule has 0 radical (unpaired) electrons. The molecule has 7 nitrogen and oxygen atoms in total. The summed E-state index contributed by atoms with van der Waals surface area (Å²) in [6.45, 7) is 4.96. The Morgan fingerprint density at radius 3 is 2.28 bits per heavy atom. The number of rotatable bonds is 5. The fraction of sp³-hybridized carbons (Fsp3) is 0.667. The van der Waals surface area contributed by atoms with E-state index in [9.17, 15) is 16.8 Å². The van der Waals surface area contributed by atoms with Gasteiger partial charge >= 0.3 is 0 Å². The van der Waals surface area contributed by atoms with Crippen LogP contribution < -0.4 is 5.14 Å². The van der Waals surface area contributed by atoms with E-state index in [1.165, 1.54) is 10.8 Å². The number of primary sulfonamides is 1. The molecule has 104 valence electrons. The lowest BCUT2D eigenvalue weighted by molar-refractivity contribution is 0.579. The molecule has 0 aliphatic rings. The fourth-order valence-corrected chi connectivity index (χ4v) is 2.76. The number of aromatic nitrogens is 2. The molecule has 1 heterocycles. The van der Waals surface area contributed by atoms with E-state index in [4.69, 9.17) is 5.14 Å². The molecule has 9 heteroatoms. The standard InChI is InChI=1S/C9H17N3O4S2/c1-7(2)17(13,14)5-4-12-6-9(11-8(12)3)18(10,15)16/h6-7H,4-5H2,1-3H3,(H2,10,15,16). The highest BCUT2D eigenvalue weighted by atomic mass is 32.2. The Morgan fingerprint density at radius 1 is 1.33 bits per heavy atom. The summed E-state index contributed by atoms with van der Waals surface area (Å²) in [6, 6.07) is 0. The molecule has 0 aromatic carbocycles. The molecule has 18 heavy (non-hydrogen) atoms. The van der Waals surface area contributed by atoms with Gasteiger partial charge in [0.2, 0.25) is 0 Å². The quantitative estimate of drug-likeness (QED) is 0.798. The summed E-state index contributed by atoms with van der Waals surface area (Å²) in [7, 11) is -7.02. The van der Waals surface area contributed by atoms with Gasteiger partial charge in [-0.2, -0.15) is 0 Å². The molecule has 0 saturated carbocycles. The SMILES string of the molecule is Cc1nc(S(N)(=O)=O)cn1CCS(=O)(=O)C(C)C. The summed E-state index contributed by atoms with van der Waals surface area (Å²) in [5, 5.41) is 4.24. The normalized spacial score (nSPS) is 13.2. The number of nitrogens with zero attached hydrogens (tertiary/aromatic N) is 2. The number of hydrogen-bond donors (Lipinski definition) is 1. The number of sulfonamides is 1. The monoisotopic (exact) mass is 295 g/mol. The molecule has 1 rings (SSSR count). The van der Waals surface area contributed by atoms with Crippen LogP contribution in [0.3, 0.4) is 0 Å². The summed E-state index contributed by atoms with van der Waals surface area (Å²) >= 11 is 0. The number of hydrogen-bond acceptors (Lipinski definition) is 5. The van der Waals surface area contributed by atoms with E-state index in [0.717, 1.165) is 0 Å². The van der Waals surface area contributed by atoms with E-state index < -0.39 is 25.1 Å². The average Bonchev–Trinajstić information content (AvgIpc) is 2.56. The van der Waals surface area contributed by atoms with Crippen molar-refractivity contribution in [1.82, 2.24) is 9.55 Å². The van der Waals surface area contributed by atoms with Crippen molar-refractivity contribution in [2.45, 2.75) is 37.6 Å². The first-order valence-electron chi connectivity index (χ1n) is 5.32. The van der Waals surface area contributed by atoms with Gasteiger partial charge in [0.05, 0.1) is 11.0 Å². The van der Waals surface area contributed by atoms with Crippen LogP contribution in [0.5, 0.6) is 0 Å². The summed E-state index contributed by atoms with van der Waals surface area (Å²) in [5.41, 5.74) is 0. The minimum absolute atomic E-state index is 0.0636. The molecule has 0 spiro atoms. The molecule has 1 aromatic heterocycles. The number of nitrogens with two attached hydrogens (primary N) is 1. The van der Waals surface area contributed by atoms with Crippen LogP contribution in [0.4, 0.5) is 0 Å². The van der Waals surface area contributed by atoms with Crippen molar-refractivity contribution < 1.29 is 16.8 Å². The van der Waals surface area contributed by atoms with Gasteiger partial charge in [-0.05, 0) is 20.8 Å². The topological polar surface area (TPSA) is 112 Å². The molecule has 0 amide bonds. The second-order valence-electron chi connectivity index (χ2n) is 4.28. The van der Waals surface area contributed by atoms with Crippen LogP contribution in [-0.4, -0.2) is 37.4 Å². The summed E-state index contributed by atoms with van der Waals surface area (Å²) in [5.74, 6) is 0.351. The Morgan fingerprint density at radius 2 is 1.89 bits per heavy atom. The molecular formula is C9H17N3O4S2. The molecule has 0 aliphatic heterocycles. The second kappa shape index (κ2) is 4.98. The first-order valence-corrected chi connectivity index (χ1v) is 8.58. The van der Waals surface area contributed by atoms with Crippen LogP contribution in [-0.2, 0) is 26.4 Å². The maximum atomic E-state index is 11.6. The zero-order chi connectivity index (χ0) is 14.1. The maximum absolute atomic E-state index is 11.6. The van der Waals surface area contributed by atoms with E-state index in [-0.39, 0.29) is 17.3 Å². The molecular weight excluding hydrogens is 278 g/mol. The molecule has 2 N–H and O–H groups in total. The predicted octanol–water partition coefficient (Wildman–Crippen LogP) is -0.338. The van der Waals surface area contributed by atoms with E-state index >= 15 is 0 Å². The van der Waals surface area contributed by atoms with Crippen molar-refractivity contribution in [3.63, 3.8) is 0 Å².